The maximum Gasteiger partial charge on any atom is 0.330 e. The third-order valence-corrected chi connectivity index (χ3v) is 3.14. The van der Waals surface area contributed by atoms with Crippen molar-refractivity contribution in [2.75, 3.05) is 20.3 Å². The Balaban J connectivity index is 2.51. The van der Waals surface area contributed by atoms with Gasteiger partial charge in [0.25, 0.3) is 0 Å². The van der Waals surface area contributed by atoms with Crippen molar-refractivity contribution in [3.05, 3.63) is 35.9 Å². The summed E-state index contributed by atoms with van der Waals surface area (Å²) in [6, 6.07) is 7.34. The molecular formula is C19H28O5. The van der Waals surface area contributed by atoms with Crippen molar-refractivity contribution in [3.63, 3.8) is 0 Å². The molecular weight excluding hydrogens is 308 g/mol. The van der Waals surface area contributed by atoms with Crippen LogP contribution in [0.4, 0.5) is 0 Å². The standard InChI is InChI=1S/C19H28O5/c1-6-22-18(20)12-15(4)13-23-16-7-9-17(10-8-16)24-19(21-5)11-14(2)3/h7-10,12,14,19H,6,11,13H2,1-5H3/b15-12+. The van der Waals surface area contributed by atoms with E-state index in [0.717, 1.165) is 17.7 Å². The number of methoxy groups -OCH3 is 1. The zero-order valence-corrected chi connectivity index (χ0v) is 15.2. The summed E-state index contributed by atoms with van der Waals surface area (Å²) in [5.41, 5.74) is 0.796. The van der Waals surface area contributed by atoms with Gasteiger partial charge in [-0.1, -0.05) is 13.8 Å². The number of ether oxygens (including phenoxy) is 4. The van der Waals surface area contributed by atoms with E-state index >= 15 is 0 Å². The normalized spacial score (nSPS) is 12.8. The van der Waals surface area contributed by atoms with Crippen molar-refractivity contribution < 1.29 is 23.7 Å². The molecule has 134 valence electrons. The lowest BCUT2D eigenvalue weighted by molar-refractivity contribution is -0.137. The number of esters is 1. The van der Waals surface area contributed by atoms with Crippen LogP contribution in [-0.2, 0) is 14.3 Å². The Labute approximate surface area is 144 Å². The molecule has 1 rings (SSSR count). The van der Waals surface area contributed by atoms with Gasteiger partial charge in [0.05, 0.1) is 6.61 Å². The van der Waals surface area contributed by atoms with Crippen LogP contribution in [0.2, 0.25) is 0 Å². The topological polar surface area (TPSA) is 54.0 Å². The molecule has 0 radical (unpaired) electrons. The van der Waals surface area contributed by atoms with Crippen molar-refractivity contribution in [2.45, 2.75) is 40.4 Å². The molecule has 0 aliphatic rings. The third kappa shape index (κ3) is 8.02. The molecule has 0 heterocycles. The lowest BCUT2D eigenvalue weighted by Gasteiger charge is -2.19. The SMILES string of the molecule is CCOC(=O)/C=C(\C)COc1ccc(OC(CC(C)C)OC)cc1. The highest BCUT2D eigenvalue weighted by molar-refractivity contribution is 5.82. The second-order valence-corrected chi connectivity index (χ2v) is 5.92. The van der Waals surface area contributed by atoms with Crippen LogP contribution in [0.3, 0.4) is 0 Å². The Morgan fingerprint density at radius 1 is 1.17 bits per heavy atom. The van der Waals surface area contributed by atoms with E-state index in [2.05, 4.69) is 13.8 Å². The molecule has 24 heavy (non-hydrogen) atoms. The molecule has 0 saturated heterocycles. The summed E-state index contributed by atoms with van der Waals surface area (Å²) >= 11 is 0. The van der Waals surface area contributed by atoms with Crippen LogP contribution >= 0.6 is 0 Å². The van der Waals surface area contributed by atoms with Gasteiger partial charge in [0.1, 0.15) is 18.1 Å². The fourth-order valence-electron chi connectivity index (χ4n) is 1.97. The Morgan fingerprint density at radius 2 is 1.79 bits per heavy atom. The molecule has 0 bridgehead atoms. The summed E-state index contributed by atoms with van der Waals surface area (Å²) in [5.74, 6) is 1.58. The van der Waals surface area contributed by atoms with Crippen LogP contribution in [-0.4, -0.2) is 32.6 Å². The zero-order valence-electron chi connectivity index (χ0n) is 15.2. The molecule has 1 unspecified atom stereocenters. The van der Waals surface area contributed by atoms with E-state index in [1.807, 2.05) is 31.2 Å². The number of hydrogen-bond acceptors (Lipinski definition) is 5. The van der Waals surface area contributed by atoms with Gasteiger partial charge in [0.15, 0.2) is 6.29 Å². The summed E-state index contributed by atoms with van der Waals surface area (Å²) < 4.78 is 21.6. The van der Waals surface area contributed by atoms with Crippen LogP contribution in [0, 0.1) is 5.92 Å². The van der Waals surface area contributed by atoms with E-state index in [1.54, 1.807) is 14.0 Å². The lowest BCUT2D eigenvalue weighted by atomic mass is 10.1. The molecule has 0 aromatic heterocycles. The molecule has 0 fully saturated rings. The Bertz CT molecular complexity index is 519. The minimum atomic E-state index is -0.349. The summed E-state index contributed by atoms with van der Waals surface area (Å²) in [5, 5.41) is 0. The largest absolute Gasteiger partial charge is 0.489 e. The predicted octanol–water partition coefficient (Wildman–Crippen LogP) is 3.97. The molecule has 1 aromatic rings. The first-order chi connectivity index (χ1) is 11.4. The van der Waals surface area contributed by atoms with Gasteiger partial charge in [-0.25, -0.2) is 4.79 Å². The van der Waals surface area contributed by atoms with E-state index in [1.165, 1.54) is 6.08 Å². The first kappa shape index (κ1) is 20.0. The Morgan fingerprint density at radius 3 is 2.33 bits per heavy atom. The fraction of sp³-hybridized carbons (Fsp3) is 0.526. The maximum absolute atomic E-state index is 11.3. The summed E-state index contributed by atoms with van der Waals surface area (Å²) in [7, 11) is 1.64. The first-order valence-electron chi connectivity index (χ1n) is 8.20. The number of carbonyl (C=O) groups excluding carboxylic acids is 1. The average molecular weight is 336 g/mol. The smallest absolute Gasteiger partial charge is 0.330 e. The second kappa shape index (κ2) is 10.7. The summed E-state index contributed by atoms with van der Waals surface area (Å²) in [6.07, 6.45) is 2.01. The van der Waals surface area contributed by atoms with Gasteiger partial charge in [0, 0.05) is 19.6 Å². The molecule has 5 nitrogen and oxygen atoms in total. The molecule has 0 saturated carbocycles. The van der Waals surface area contributed by atoms with Gasteiger partial charge in [-0.05, 0) is 49.6 Å². The summed E-state index contributed by atoms with van der Waals surface area (Å²) in [6.45, 7) is 8.54. The van der Waals surface area contributed by atoms with Crippen LogP contribution < -0.4 is 9.47 Å². The summed E-state index contributed by atoms with van der Waals surface area (Å²) in [4.78, 5) is 11.3. The predicted molar refractivity (Wildman–Crippen MR) is 93.2 cm³/mol. The number of rotatable bonds is 10. The van der Waals surface area contributed by atoms with Crippen molar-refractivity contribution in [3.8, 4) is 11.5 Å². The fourth-order valence-corrected chi connectivity index (χ4v) is 1.97. The Kier molecular flexibility index (Phi) is 8.94. The van der Waals surface area contributed by atoms with E-state index < -0.39 is 0 Å². The van der Waals surface area contributed by atoms with Gasteiger partial charge in [-0.2, -0.15) is 0 Å². The molecule has 0 N–H and O–H groups in total. The number of hydrogen-bond donors (Lipinski definition) is 0. The monoisotopic (exact) mass is 336 g/mol. The maximum atomic E-state index is 11.3. The minimum Gasteiger partial charge on any atom is -0.489 e. The molecule has 0 aliphatic carbocycles. The molecule has 1 aromatic carbocycles. The van der Waals surface area contributed by atoms with Crippen molar-refractivity contribution in [1.82, 2.24) is 0 Å². The Hall–Kier alpha value is -2.01. The van der Waals surface area contributed by atoms with E-state index in [-0.39, 0.29) is 12.3 Å². The van der Waals surface area contributed by atoms with E-state index in [4.69, 9.17) is 18.9 Å². The highest BCUT2D eigenvalue weighted by Gasteiger charge is 2.11. The van der Waals surface area contributed by atoms with Crippen LogP contribution in [0.1, 0.15) is 34.1 Å². The van der Waals surface area contributed by atoms with Crippen LogP contribution in [0.25, 0.3) is 0 Å². The molecule has 0 amide bonds. The molecule has 0 spiro atoms. The highest BCUT2D eigenvalue weighted by Crippen LogP contribution is 2.21. The van der Waals surface area contributed by atoms with E-state index in [9.17, 15) is 4.79 Å². The van der Waals surface area contributed by atoms with E-state index in [0.29, 0.717) is 24.9 Å². The van der Waals surface area contributed by atoms with Gasteiger partial charge in [-0.3, -0.25) is 0 Å². The molecule has 0 aliphatic heterocycles. The quantitative estimate of drug-likeness (QED) is 0.367. The van der Waals surface area contributed by atoms with Crippen molar-refractivity contribution in [1.29, 1.82) is 0 Å². The lowest BCUT2D eigenvalue weighted by Crippen LogP contribution is -2.20. The second-order valence-electron chi connectivity index (χ2n) is 5.92. The van der Waals surface area contributed by atoms with Gasteiger partial charge < -0.3 is 18.9 Å². The van der Waals surface area contributed by atoms with Crippen LogP contribution in [0.5, 0.6) is 11.5 Å². The van der Waals surface area contributed by atoms with Crippen LogP contribution in [0.15, 0.2) is 35.9 Å². The third-order valence-electron chi connectivity index (χ3n) is 3.14. The van der Waals surface area contributed by atoms with Gasteiger partial charge >= 0.3 is 5.97 Å². The zero-order chi connectivity index (χ0) is 17.9. The number of carbonyl (C=O) groups is 1. The average Bonchev–Trinajstić information content (AvgIpc) is 2.53. The number of benzene rings is 1. The van der Waals surface area contributed by atoms with Gasteiger partial charge in [-0.15, -0.1) is 0 Å². The van der Waals surface area contributed by atoms with Crippen molar-refractivity contribution >= 4 is 5.97 Å². The molecule has 5 heteroatoms. The minimum absolute atomic E-state index is 0.258. The van der Waals surface area contributed by atoms with Gasteiger partial charge in [0.2, 0.25) is 0 Å². The molecule has 1 atom stereocenters. The highest BCUT2D eigenvalue weighted by atomic mass is 16.7. The van der Waals surface area contributed by atoms with Crippen molar-refractivity contribution in [2.24, 2.45) is 5.92 Å². The first-order valence-corrected chi connectivity index (χ1v) is 8.20.